The Bertz CT molecular complexity index is 1270. The maximum absolute atomic E-state index is 13.2. The van der Waals surface area contributed by atoms with E-state index in [0.29, 0.717) is 15.8 Å². The fourth-order valence-electron chi connectivity index (χ4n) is 4.03. The molecule has 0 bridgehead atoms. The van der Waals surface area contributed by atoms with Crippen molar-refractivity contribution in [3.63, 3.8) is 0 Å². The van der Waals surface area contributed by atoms with Gasteiger partial charge in [-0.2, -0.15) is 5.10 Å². The molecule has 1 amide bonds. The predicted octanol–water partition coefficient (Wildman–Crippen LogP) is 5.69. The predicted molar refractivity (Wildman–Crippen MR) is 142 cm³/mol. The maximum atomic E-state index is 13.2. The number of halogens is 1. The van der Waals surface area contributed by atoms with Crippen molar-refractivity contribution in [3.05, 3.63) is 69.7 Å². The molecule has 0 radical (unpaired) electrons. The molecule has 2 aliphatic rings. The molecule has 9 heteroatoms. The minimum Gasteiger partial charge on any atom is -0.496 e. The van der Waals surface area contributed by atoms with Gasteiger partial charge in [-0.3, -0.25) is 9.69 Å². The number of thiocarbonyl (C=S) groups is 1. The van der Waals surface area contributed by atoms with Crippen molar-refractivity contribution in [1.82, 2.24) is 14.7 Å². The van der Waals surface area contributed by atoms with E-state index in [1.165, 1.54) is 11.8 Å². The summed E-state index contributed by atoms with van der Waals surface area (Å²) in [5.74, 6) is 0.655. The molecule has 34 heavy (non-hydrogen) atoms. The van der Waals surface area contributed by atoms with Crippen LogP contribution in [0, 0.1) is 0 Å². The van der Waals surface area contributed by atoms with Gasteiger partial charge in [0, 0.05) is 23.9 Å². The first-order chi connectivity index (χ1) is 16.5. The molecule has 5 rings (SSSR count). The van der Waals surface area contributed by atoms with Crippen molar-refractivity contribution < 1.29 is 14.3 Å². The van der Waals surface area contributed by atoms with E-state index in [0.717, 1.165) is 52.2 Å². The van der Waals surface area contributed by atoms with Crippen LogP contribution in [-0.4, -0.2) is 51.3 Å². The molecular formula is C25H22BrN3O3S2. The van der Waals surface area contributed by atoms with Gasteiger partial charge in [0.15, 0.2) is 0 Å². The van der Waals surface area contributed by atoms with Crippen molar-refractivity contribution in [2.45, 2.75) is 18.9 Å². The van der Waals surface area contributed by atoms with Crippen LogP contribution in [0.2, 0.25) is 0 Å². The van der Waals surface area contributed by atoms with Crippen LogP contribution < -0.4 is 4.74 Å². The summed E-state index contributed by atoms with van der Waals surface area (Å²) >= 11 is 10.4. The highest BCUT2D eigenvalue weighted by molar-refractivity contribution is 9.10. The monoisotopic (exact) mass is 555 g/mol. The van der Waals surface area contributed by atoms with Crippen LogP contribution in [0.5, 0.6) is 5.75 Å². The molecule has 2 fully saturated rings. The maximum Gasteiger partial charge on any atom is 0.266 e. The summed E-state index contributed by atoms with van der Waals surface area (Å²) in [7, 11) is 1.63. The minimum absolute atomic E-state index is 0.0508. The van der Waals surface area contributed by atoms with Crippen molar-refractivity contribution in [3.8, 4) is 22.7 Å². The van der Waals surface area contributed by atoms with Crippen LogP contribution in [0.25, 0.3) is 23.0 Å². The van der Waals surface area contributed by atoms with Crippen LogP contribution >= 0.6 is 39.9 Å². The summed E-state index contributed by atoms with van der Waals surface area (Å²) in [5, 5.41) is 4.86. The Hall–Kier alpha value is -2.46. The molecule has 0 aliphatic carbocycles. The van der Waals surface area contributed by atoms with E-state index < -0.39 is 0 Å². The molecule has 3 aromatic rings. The number of para-hydroxylation sites is 1. The summed E-state index contributed by atoms with van der Waals surface area (Å²) in [6.45, 7) is 1.25. The molecule has 3 heterocycles. The molecule has 1 aromatic heterocycles. The number of aromatic nitrogens is 2. The number of hydrogen-bond acceptors (Lipinski definition) is 6. The quantitative estimate of drug-likeness (QED) is 0.287. The van der Waals surface area contributed by atoms with Gasteiger partial charge in [0.2, 0.25) is 0 Å². The molecule has 2 aliphatic heterocycles. The topological polar surface area (TPSA) is 56.6 Å². The van der Waals surface area contributed by atoms with Gasteiger partial charge < -0.3 is 9.47 Å². The van der Waals surface area contributed by atoms with E-state index in [-0.39, 0.29) is 12.0 Å². The second-order valence-electron chi connectivity index (χ2n) is 7.99. The molecule has 1 atom stereocenters. The molecule has 2 aromatic carbocycles. The van der Waals surface area contributed by atoms with E-state index in [9.17, 15) is 4.79 Å². The molecule has 174 valence electrons. The zero-order valence-electron chi connectivity index (χ0n) is 18.4. The normalized spacial score (nSPS) is 19.4. The standard InChI is InChI=1S/C25H22BrN3O3S2/c1-31-21-10-9-16(12-20(21)26)23-17(14-29(27-23)18-6-3-2-4-7-18)13-22-24(30)28(25(33)34-22)15-19-8-5-11-32-19/h2-4,6-7,9-10,12-14,19H,5,8,11,15H2,1H3/b22-13-/t19-/m0/s1. The molecule has 2 saturated heterocycles. The van der Waals surface area contributed by atoms with Crippen LogP contribution in [0.15, 0.2) is 64.1 Å². The lowest BCUT2D eigenvalue weighted by atomic mass is 10.1. The van der Waals surface area contributed by atoms with Crippen molar-refractivity contribution >= 4 is 56.2 Å². The Balaban J connectivity index is 1.53. The first kappa shape index (κ1) is 23.3. The van der Waals surface area contributed by atoms with E-state index in [1.807, 2.05) is 65.5 Å². The van der Waals surface area contributed by atoms with Gasteiger partial charge >= 0.3 is 0 Å². The van der Waals surface area contributed by atoms with Gasteiger partial charge in [0.1, 0.15) is 15.8 Å². The summed E-state index contributed by atoms with van der Waals surface area (Å²) in [5.41, 5.74) is 3.43. The van der Waals surface area contributed by atoms with E-state index in [4.69, 9.17) is 26.8 Å². The Morgan fingerprint density at radius 3 is 2.82 bits per heavy atom. The average Bonchev–Trinajstić information content (AvgIpc) is 3.57. The lowest BCUT2D eigenvalue weighted by molar-refractivity contribution is -0.123. The number of rotatable bonds is 6. The van der Waals surface area contributed by atoms with Crippen molar-refractivity contribution in [1.29, 1.82) is 0 Å². The fourth-order valence-corrected chi connectivity index (χ4v) is 5.84. The van der Waals surface area contributed by atoms with Crippen LogP contribution in [0.4, 0.5) is 0 Å². The second kappa shape index (κ2) is 10.0. The number of benzene rings is 2. The van der Waals surface area contributed by atoms with Gasteiger partial charge in [0.25, 0.3) is 5.91 Å². The number of ether oxygens (including phenoxy) is 2. The number of carbonyl (C=O) groups excluding carboxylic acids is 1. The average molecular weight is 557 g/mol. The Kier molecular flexibility index (Phi) is 6.87. The van der Waals surface area contributed by atoms with Gasteiger partial charge in [-0.05, 0) is 65.2 Å². The second-order valence-corrected chi connectivity index (χ2v) is 10.5. The molecule has 6 nitrogen and oxygen atoms in total. The van der Waals surface area contributed by atoms with Gasteiger partial charge in [0.05, 0.1) is 34.8 Å². The Morgan fingerprint density at radius 1 is 1.29 bits per heavy atom. The highest BCUT2D eigenvalue weighted by Crippen LogP contribution is 2.37. The van der Waals surface area contributed by atoms with E-state index in [2.05, 4.69) is 15.9 Å². The highest BCUT2D eigenvalue weighted by Gasteiger charge is 2.35. The SMILES string of the molecule is COc1ccc(-c2nn(-c3ccccc3)cc2/C=C2\SC(=S)N(C[C@@H]3CCCO3)C2=O)cc1Br. The van der Waals surface area contributed by atoms with Crippen molar-refractivity contribution in [2.24, 2.45) is 0 Å². The number of thioether (sulfide) groups is 1. The number of hydrogen-bond donors (Lipinski definition) is 0. The van der Waals surface area contributed by atoms with Gasteiger partial charge in [-0.25, -0.2) is 4.68 Å². The highest BCUT2D eigenvalue weighted by atomic mass is 79.9. The smallest absolute Gasteiger partial charge is 0.266 e. The zero-order chi connectivity index (χ0) is 23.7. The van der Waals surface area contributed by atoms with Crippen LogP contribution in [0.1, 0.15) is 18.4 Å². The summed E-state index contributed by atoms with van der Waals surface area (Å²) < 4.78 is 14.3. The Morgan fingerprint density at radius 2 is 2.12 bits per heavy atom. The lowest BCUT2D eigenvalue weighted by Crippen LogP contribution is -2.35. The fraction of sp³-hybridized carbons (Fsp3) is 0.240. The third kappa shape index (κ3) is 4.70. The summed E-state index contributed by atoms with van der Waals surface area (Å²) in [6, 6.07) is 15.7. The number of amides is 1. The van der Waals surface area contributed by atoms with Crippen molar-refractivity contribution in [2.75, 3.05) is 20.3 Å². The number of carbonyl (C=O) groups is 1. The molecular weight excluding hydrogens is 534 g/mol. The number of nitrogens with zero attached hydrogens (tertiary/aromatic N) is 3. The van der Waals surface area contributed by atoms with Gasteiger partial charge in [-0.1, -0.05) is 42.2 Å². The number of methoxy groups -OCH3 is 1. The first-order valence-corrected chi connectivity index (χ1v) is 12.9. The summed E-state index contributed by atoms with van der Waals surface area (Å²) in [4.78, 5) is 15.5. The van der Waals surface area contributed by atoms with E-state index in [1.54, 1.807) is 12.0 Å². The molecule has 0 N–H and O–H groups in total. The molecule has 0 spiro atoms. The Labute approximate surface area is 216 Å². The van der Waals surface area contributed by atoms with Crippen LogP contribution in [0.3, 0.4) is 0 Å². The van der Waals surface area contributed by atoms with Crippen LogP contribution in [-0.2, 0) is 9.53 Å². The summed E-state index contributed by atoms with van der Waals surface area (Å²) in [6.07, 6.45) is 5.85. The first-order valence-electron chi connectivity index (χ1n) is 10.9. The molecule has 0 unspecified atom stereocenters. The molecule has 0 saturated carbocycles. The third-order valence-electron chi connectivity index (χ3n) is 5.76. The minimum atomic E-state index is -0.0835. The zero-order valence-corrected chi connectivity index (χ0v) is 21.7. The van der Waals surface area contributed by atoms with E-state index >= 15 is 0 Å². The van der Waals surface area contributed by atoms with Gasteiger partial charge in [-0.15, -0.1) is 0 Å². The lowest BCUT2D eigenvalue weighted by Gasteiger charge is -2.18. The third-order valence-corrected chi connectivity index (χ3v) is 7.76. The largest absolute Gasteiger partial charge is 0.496 e.